The van der Waals surface area contributed by atoms with Gasteiger partial charge < -0.3 is 9.47 Å². The van der Waals surface area contributed by atoms with Crippen LogP contribution in [0.4, 0.5) is 0 Å². The quantitative estimate of drug-likeness (QED) is 0.345. The van der Waals surface area contributed by atoms with Crippen molar-refractivity contribution in [2.45, 2.75) is 118 Å². The van der Waals surface area contributed by atoms with Crippen LogP contribution in [0.5, 0.6) is 0 Å². The topological polar surface area (TPSA) is 35.5 Å². The molecule has 0 aromatic carbocycles. The van der Waals surface area contributed by atoms with Crippen molar-refractivity contribution in [3.8, 4) is 0 Å². The molecule has 0 N–H and O–H groups in total. The van der Waals surface area contributed by atoms with E-state index in [-0.39, 0.29) is 27.3 Å². The lowest BCUT2D eigenvalue weighted by molar-refractivity contribution is -0.234. The second-order valence-corrected chi connectivity index (χ2v) is 14.0. The zero-order valence-corrected chi connectivity index (χ0v) is 22.5. The molecule has 0 amide bonds. The number of fused-ring (bicyclic) bond motifs is 5. The Bertz CT molecular complexity index is 1060. The molecular weight excluding hydrogens is 420 g/mol. The highest BCUT2D eigenvalue weighted by molar-refractivity contribution is 5.85. The molecule has 2 heterocycles. The summed E-state index contributed by atoms with van der Waals surface area (Å²) in [6.07, 6.45) is 11.8. The maximum absolute atomic E-state index is 12.9. The molecule has 6 rings (SSSR count). The molecule has 3 fully saturated rings. The predicted molar refractivity (Wildman–Crippen MR) is 135 cm³/mol. The van der Waals surface area contributed by atoms with Gasteiger partial charge in [0.1, 0.15) is 11.5 Å². The van der Waals surface area contributed by atoms with E-state index in [1.54, 1.807) is 11.1 Å². The minimum Gasteiger partial charge on any atom is -0.459 e. The van der Waals surface area contributed by atoms with Gasteiger partial charge in [-0.25, -0.2) is 0 Å². The van der Waals surface area contributed by atoms with Crippen LogP contribution in [-0.2, 0) is 14.3 Å². The monoisotopic (exact) mass is 464 g/mol. The van der Waals surface area contributed by atoms with E-state index in [1.807, 2.05) is 0 Å². The van der Waals surface area contributed by atoms with Gasteiger partial charge in [0.05, 0.1) is 5.60 Å². The largest absolute Gasteiger partial charge is 0.459 e. The fraction of sp³-hybridized carbons (Fsp3) is 0.774. The fourth-order valence-electron chi connectivity index (χ4n) is 10.4. The van der Waals surface area contributed by atoms with Gasteiger partial charge in [0, 0.05) is 23.7 Å². The Morgan fingerprint density at radius 1 is 0.971 bits per heavy atom. The first-order valence-corrected chi connectivity index (χ1v) is 13.8. The number of carbonyl (C=O) groups is 1. The van der Waals surface area contributed by atoms with Crippen LogP contribution in [0.2, 0.25) is 0 Å². The highest BCUT2D eigenvalue weighted by Crippen LogP contribution is 2.76. The molecule has 7 atom stereocenters. The Morgan fingerprint density at radius 3 is 2.38 bits per heavy atom. The van der Waals surface area contributed by atoms with Crippen molar-refractivity contribution in [3.63, 3.8) is 0 Å². The van der Waals surface area contributed by atoms with E-state index in [2.05, 4.69) is 61.1 Å². The van der Waals surface area contributed by atoms with Gasteiger partial charge in [-0.15, -0.1) is 0 Å². The van der Waals surface area contributed by atoms with Crippen molar-refractivity contribution in [3.05, 3.63) is 35.1 Å². The standard InChI is InChI=1S/C31H44O3/c1-19-17-30(33-21(19)3)18-20(2)31(34-30)16-15-28(7)23-9-10-24-26(4,5)25(32)12-13-27(24,6)22(23)11-14-29(28,31)8/h17,20,24H,3,9-16,18H2,1-2,4-8H3/t20-,24?,27-,28+,29+,30?,31?/m1/s1. The summed E-state index contributed by atoms with van der Waals surface area (Å²) in [5.41, 5.74) is 4.61. The SMILES string of the molecule is C=C1OC2(C=C1C)C[C@@H](C)C1(CC[C@@]3(C)C4=C(CC[C@]13C)[C@@]1(C)CCC(=O)C(C)(C)C1CC4)O2. The van der Waals surface area contributed by atoms with Gasteiger partial charge >= 0.3 is 0 Å². The van der Waals surface area contributed by atoms with E-state index in [0.717, 1.165) is 56.3 Å². The smallest absolute Gasteiger partial charge is 0.231 e. The van der Waals surface area contributed by atoms with Crippen molar-refractivity contribution < 1.29 is 14.3 Å². The second kappa shape index (κ2) is 6.50. The minimum atomic E-state index is -0.624. The van der Waals surface area contributed by atoms with Crippen molar-refractivity contribution >= 4 is 5.78 Å². The molecule has 0 bridgehead atoms. The molecule has 3 heteroatoms. The summed E-state index contributed by atoms with van der Waals surface area (Å²) in [7, 11) is 0. The molecule has 4 aliphatic carbocycles. The number of ketones is 1. The first-order valence-electron chi connectivity index (χ1n) is 13.8. The molecule has 1 saturated heterocycles. The lowest BCUT2D eigenvalue weighted by Crippen LogP contribution is -2.57. The summed E-state index contributed by atoms with van der Waals surface area (Å²) in [6, 6.07) is 0. The van der Waals surface area contributed by atoms with E-state index in [9.17, 15) is 4.79 Å². The van der Waals surface area contributed by atoms with Crippen LogP contribution >= 0.6 is 0 Å². The number of ether oxygens (including phenoxy) is 2. The van der Waals surface area contributed by atoms with Crippen LogP contribution in [0, 0.1) is 33.5 Å². The molecular formula is C31H44O3. The molecule has 0 radical (unpaired) electrons. The third-order valence-electron chi connectivity index (χ3n) is 12.6. The Labute approximate surface area is 206 Å². The average molecular weight is 465 g/mol. The summed E-state index contributed by atoms with van der Waals surface area (Å²) in [4.78, 5) is 12.9. The van der Waals surface area contributed by atoms with Crippen molar-refractivity contribution in [2.24, 2.45) is 33.5 Å². The zero-order chi connectivity index (χ0) is 24.5. The summed E-state index contributed by atoms with van der Waals surface area (Å²) < 4.78 is 13.5. The molecule has 2 saturated carbocycles. The number of allylic oxidation sites excluding steroid dienone is 3. The number of Topliss-reactive ketones (excluding diaryl/α,β-unsaturated/α-hetero) is 1. The van der Waals surface area contributed by atoms with Crippen LogP contribution in [0.25, 0.3) is 0 Å². The third kappa shape index (κ3) is 2.41. The number of rotatable bonds is 0. The summed E-state index contributed by atoms with van der Waals surface area (Å²) in [5, 5.41) is 0. The van der Waals surface area contributed by atoms with Crippen LogP contribution in [0.3, 0.4) is 0 Å². The summed E-state index contributed by atoms with van der Waals surface area (Å²) >= 11 is 0. The highest BCUT2D eigenvalue weighted by atomic mass is 16.7. The molecule has 2 spiro atoms. The zero-order valence-electron chi connectivity index (χ0n) is 22.5. The molecule has 34 heavy (non-hydrogen) atoms. The highest BCUT2D eigenvalue weighted by Gasteiger charge is 2.73. The second-order valence-electron chi connectivity index (χ2n) is 14.0. The van der Waals surface area contributed by atoms with Gasteiger partial charge in [-0.1, -0.05) is 59.3 Å². The molecule has 186 valence electrons. The maximum Gasteiger partial charge on any atom is 0.231 e. The number of hydrogen-bond acceptors (Lipinski definition) is 3. The lowest BCUT2D eigenvalue weighted by Gasteiger charge is -2.62. The first kappa shape index (κ1) is 23.1. The van der Waals surface area contributed by atoms with Crippen LogP contribution < -0.4 is 0 Å². The van der Waals surface area contributed by atoms with Gasteiger partial charge in [-0.05, 0) is 86.2 Å². The van der Waals surface area contributed by atoms with E-state index < -0.39 is 5.79 Å². The van der Waals surface area contributed by atoms with Gasteiger partial charge in [0.2, 0.25) is 5.79 Å². The summed E-state index contributed by atoms with van der Waals surface area (Å²) in [6.45, 7) is 20.7. The predicted octanol–water partition coefficient (Wildman–Crippen LogP) is 7.67. The Morgan fingerprint density at radius 2 is 1.71 bits per heavy atom. The van der Waals surface area contributed by atoms with E-state index in [1.165, 1.54) is 12.8 Å². The molecule has 3 nitrogen and oxygen atoms in total. The third-order valence-corrected chi connectivity index (χ3v) is 12.6. The number of hydrogen-bond donors (Lipinski definition) is 0. The molecule has 3 unspecified atom stereocenters. The Kier molecular flexibility index (Phi) is 4.41. The summed E-state index contributed by atoms with van der Waals surface area (Å²) in [5.74, 6) is 1.53. The van der Waals surface area contributed by atoms with Gasteiger partial charge in [-0.2, -0.15) is 0 Å². The van der Waals surface area contributed by atoms with Crippen LogP contribution in [0.1, 0.15) is 106 Å². The van der Waals surface area contributed by atoms with Crippen LogP contribution in [0.15, 0.2) is 35.1 Å². The van der Waals surface area contributed by atoms with E-state index in [4.69, 9.17) is 9.47 Å². The fourth-order valence-corrected chi connectivity index (χ4v) is 10.4. The van der Waals surface area contributed by atoms with E-state index >= 15 is 0 Å². The van der Waals surface area contributed by atoms with Crippen molar-refractivity contribution in [1.29, 1.82) is 0 Å². The van der Waals surface area contributed by atoms with Crippen molar-refractivity contribution in [1.82, 2.24) is 0 Å². The van der Waals surface area contributed by atoms with Gasteiger partial charge in [0.25, 0.3) is 0 Å². The normalized spacial score (nSPS) is 51.4. The Hall–Kier alpha value is -1.35. The maximum atomic E-state index is 12.9. The molecule has 0 aromatic rings. The van der Waals surface area contributed by atoms with Gasteiger partial charge in [0.15, 0.2) is 0 Å². The van der Waals surface area contributed by atoms with Gasteiger partial charge in [-0.3, -0.25) is 4.79 Å². The molecule has 0 aromatic heterocycles. The first-order chi connectivity index (χ1) is 15.7. The Balaban J connectivity index is 1.42. The number of carbonyl (C=O) groups excluding carboxylic acids is 1. The molecule has 6 aliphatic rings. The lowest BCUT2D eigenvalue weighted by atomic mass is 9.43. The van der Waals surface area contributed by atoms with E-state index in [0.29, 0.717) is 17.6 Å². The minimum absolute atomic E-state index is 0.0833. The van der Waals surface area contributed by atoms with Crippen molar-refractivity contribution in [2.75, 3.05) is 0 Å². The average Bonchev–Trinajstić information content (AvgIpc) is 3.28. The molecule has 2 aliphatic heterocycles. The van der Waals surface area contributed by atoms with Crippen LogP contribution in [-0.4, -0.2) is 17.2 Å².